The van der Waals surface area contributed by atoms with Gasteiger partial charge in [0.15, 0.2) is 17.3 Å². The van der Waals surface area contributed by atoms with Crippen LogP contribution in [0, 0.1) is 12.7 Å². The van der Waals surface area contributed by atoms with E-state index >= 15 is 0 Å². The molecule has 2 N–H and O–H groups in total. The summed E-state index contributed by atoms with van der Waals surface area (Å²) < 4.78 is 14.9. The predicted octanol–water partition coefficient (Wildman–Crippen LogP) is 1.94. The van der Waals surface area contributed by atoms with Gasteiger partial charge in [0.1, 0.15) is 0 Å². The third-order valence-electron chi connectivity index (χ3n) is 2.68. The van der Waals surface area contributed by atoms with Crippen LogP contribution in [0.3, 0.4) is 0 Å². The second-order valence-electron chi connectivity index (χ2n) is 3.94. The van der Waals surface area contributed by atoms with E-state index in [1.54, 1.807) is 0 Å². The number of aryl methyl sites for hydroxylation is 2. The molecule has 1 aromatic carbocycles. The van der Waals surface area contributed by atoms with E-state index in [2.05, 4.69) is 5.10 Å². The number of hydrogen-bond acceptors (Lipinski definition) is 3. The van der Waals surface area contributed by atoms with Crippen LogP contribution in [0.5, 0.6) is 5.75 Å². The van der Waals surface area contributed by atoms with E-state index < -0.39 is 17.5 Å². The molecule has 0 aliphatic rings. The standard InChI is InChI=1S/C12H11FN2O3/c1-6-3-4-7(11(16)10(6)13)9-5-8(12(17)18)14-15(9)2/h3-5,16H,1-2H3,(H,17,18). The summed E-state index contributed by atoms with van der Waals surface area (Å²) >= 11 is 0. The largest absolute Gasteiger partial charge is 0.504 e. The highest BCUT2D eigenvalue weighted by Crippen LogP contribution is 2.32. The topological polar surface area (TPSA) is 75.3 Å². The monoisotopic (exact) mass is 250 g/mol. The summed E-state index contributed by atoms with van der Waals surface area (Å²) in [6, 6.07) is 4.32. The highest BCUT2D eigenvalue weighted by molar-refractivity contribution is 5.87. The van der Waals surface area contributed by atoms with Crippen LogP contribution in [0.25, 0.3) is 11.3 Å². The number of halogens is 1. The Morgan fingerprint density at radius 1 is 1.44 bits per heavy atom. The molecule has 1 aromatic heterocycles. The van der Waals surface area contributed by atoms with Crippen molar-refractivity contribution in [3.05, 3.63) is 35.3 Å². The number of aromatic hydroxyl groups is 1. The fourth-order valence-electron chi connectivity index (χ4n) is 1.70. The maximum absolute atomic E-state index is 13.6. The summed E-state index contributed by atoms with van der Waals surface area (Å²) in [5, 5.41) is 22.3. The first kappa shape index (κ1) is 12.1. The lowest BCUT2D eigenvalue weighted by molar-refractivity contribution is 0.0689. The molecule has 0 fully saturated rings. The van der Waals surface area contributed by atoms with Crippen molar-refractivity contribution < 1.29 is 19.4 Å². The Hall–Kier alpha value is -2.37. The second kappa shape index (κ2) is 4.14. The van der Waals surface area contributed by atoms with Crippen molar-refractivity contribution in [2.75, 3.05) is 0 Å². The van der Waals surface area contributed by atoms with E-state index in [1.165, 1.54) is 36.9 Å². The zero-order valence-electron chi connectivity index (χ0n) is 9.81. The van der Waals surface area contributed by atoms with E-state index in [9.17, 15) is 14.3 Å². The summed E-state index contributed by atoms with van der Waals surface area (Å²) in [6.07, 6.45) is 0. The number of carboxylic acid groups (broad SMARTS) is 1. The average Bonchev–Trinajstić information content (AvgIpc) is 2.69. The maximum atomic E-state index is 13.6. The molecule has 0 radical (unpaired) electrons. The number of nitrogens with zero attached hydrogens (tertiary/aromatic N) is 2. The second-order valence-corrected chi connectivity index (χ2v) is 3.94. The number of carboxylic acids is 1. The normalized spacial score (nSPS) is 10.6. The lowest BCUT2D eigenvalue weighted by atomic mass is 10.1. The Labute approximate surface area is 102 Å². The number of hydrogen-bond donors (Lipinski definition) is 2. The molecule has 0 saturated carbocycles. The van der Waals surface area contributed by atoms with Crippen molar-refractivity contribution in [1.82, 2.24) is 9.78 Å². The quantitative estimate of drug-likeness (QED) is 0.854. The number of aromatic nitrogens is 2. The zero-order valence-corrected chi connectivity index (χ0v) is 9.81. The number of phenolic OH excluding ortho intramolecular Hbond substituents is 1. The van der Waals surface area contributed by atoms with Gasteiger partial charge in [0.25, 0.3) is 0 Å². The third kappa shape index (κ3) is 1.81. The lowest BCUT2D eigenvalue weighted by Crippen LogP contribution is -1.99. The molecule has 0 atom stereocenters. The Morgan fingerprint density at radius 2 is 2.11 bits per heavy atom. The summed E-state index contributed by atoms with van der Waals surface area (Å²) in [4.78, 5) is 10.8. The fourth-order valence-corrected chi connectivity index (χ4v) is 1.70. The van der Waals surface area contributed by atoms with Gasteiger partial charge < -0.3 is 10.2 Å². The van der Waals surface area contributed by atoms with Crippen LogP contribution in [0.1, 0.15) is 16.1 Å². The Kier molecular flexibility index (Phi) is 2.78. The van der Waals surface area contributed by atoms with E-state index in [0.717, 1.165) is 0 Å². The molecule has 0 spiro atoms. The highest BCUT2D eigenvalue weighted by atomic mass is 19.1. The van der Waals surface area contributed by atoms with Crippen molar-refractivity contribution in [3.63, 3.8) is 0 Å². The van der Waals surface area contributed by atoms with Gasteiger partial charge in [0.2, 0.25) is 0 Å². The van der Waals surface area contributed by atoms with Gasteiger partial charge in [-0.25, -0.2) is 9.18 Å². The smallest absolute Gasteiger partial charge is 0.356 e. The number of aromatic carboxylic acids is 1. The summed E-state index contributed by atoms with van der Waals surface area (Å²) in [6.45, 7) is 1.53. The Balaban J connectivity index is 2.62. The maximum Gasteiger partial charge on any atom is 0.356 e. The Bertz CT molecular complexity index is 634. The van der Waals surface area contributed by atoms with Crippen LogP contribution in [0.4, 0.5) is 4.39 Å². The van der Waals surface area contributed by atoms with Crippen molar-refractivity contribution in [1.29, 1.82) is 0 Å². The summed E-state index contributed by atoms with van der Waals surface area (Å²) in [7, 11) is 1.53. The molecule has 5 nitrogen and oxygen atoms in total. The molecule has 1 heterocycles. The van der Waals surface area contributed by atoms with E-state index in [1.807, 2.05) is 0 Å². The van der Waals surface area contributed by atoms with Gasteiger partial charge >= 0.3 is 5.97 Å². The SMILES string of the molecule is Cc1ccc(-c2cc(C(=O)O)nn2C)c(O)c1F. The van der Waals surface area contributed by atoms with Crippen LogP contribution in [-0.4, -0.2) is 26.0 Å². The molecular weight excluding hydrogens is 239 g/mol. The number of rotatable bonds is 2. The zero-order chi connectivity index (χ0) is 13.4. The molecule has 2 aromatic rings. The lowest BCUT2D eigenvalue weighted by Gasteiger charge is -2.07. The van der Waals surface area contributed by atoms with Crippen LogP contribution >= 0.6 is 0 Å². The van der Waals surface area contributed by atoms with Crippen molar-refractivity contribution in [2.45, 2.75) is 6.92 Å². The molecule has 2 rings (SSSR count). The predicted molar refractivity (Wildman–Crippen MR) is 62.0 cm³/mol. The minimum Gasteiger partial charge on any atom is -0.504 e. The molecule has 0 bridgehead atoms. The molecule has 18 heavy (non-hydrogen) atoms. The van der Waals surface area contributed by atoms with Crippen molar-refractivity contribution >= 4 is 5.97 Å². The van der Waals surface area contributed by atoms with E-state index in [4.69, 9.17) is 5.11 Å². The minimum absolute atomic E-state index is 0.159. The average molecular weight is 250 g/mol. The molecule has 0 aliphatic heterocycles. The van der Waals surface area contributed by atoms with E-state index in [0.29, 0.717) is 11.3 Å². The van der Waals surface area contributed by atoms with Crippen molar-refractivity contribution in [3.8, 4) is 17.0 Å². The fraction of sp³-hybridized carbons (Fsp3) is 0.167. The molecule has 0 saturated heterocycles. The first-order valence-corrected chi connectivity index (χ1v) is 5.17. The van der Waals surface area contributed by atoms with Gasteiger partial charge in [0, 0.05) is 12.6 Å². The van der Waals surface area contributed by atoms with Crippen molar-refractivity contribution in [2.24, 2.45) is 7.05 Å². The molecular formula is C12H11FN2O3. The summed E-state index contributed by atoms with van der Waals surface area (Å²) in [5.41, 5.74) is 0.703. The molecule has 0 aliphatic carbocycles. The molecule has 6 heteroatoms. The molecule has 0 unspecified atom stereocenters. The van der Waals surface area contributed by atoms with Gasteiger partial charge in [-0.1, -0.05) is 6.07 Å². The number of phenols is 1. The summed E-state index contributed by atoms with van der Waals surface area (Å²) in [5.74, 6) is -2.40. The molecule has 0 amide bonds. The molecule has 94 valence electrons. The van der Waals surface area contributed by atoms with Crippen LogP contribution in [0.15, 0.2) is 18.2 Å². The van der Waals surface area contributed by atoms with Gasteiger partial charge in [-0.3, -0.25) is 4.68 Å². The van der Waals surface area contributed by atoms with E-state index in [-0.39, 0.29) is 11.3 Å². The third-order valence-corrected chi connectivity index (χ3v) is 2.68. The first-order valence-electron chi connectivity index (χ1n) is 5.17. The van der Waals surface area contributed by atoms with Crippen LogP contribution in [0.2, 0.25) is 0 Å². The van der Waals surface area contributed by atoms with Crippen LogP contribution in [-0.2, 0) is 7.05 Å². The first-order chi connectivity index (χ1) is 8.41. The number of benzene rings is 1. The van der Waals surface area contributed by atoms with Gasteiger partial charge in [-0.2, -0.15) is 5.10 Å². The highest BCUT2D eigenvalue weighted by Gasteiger charge is 2.17. The van der Waals surface area contributed by atoms with Gasteiger partial charge in [0.05, 0.1) is 5.69 Å². The minimum atomic E-state index is -1.18. The Morgan fingerprint density at radius 3 is 2.67 bits per heavy atom. The number of carbonyl (C=O) groups is 1. The van der Waals surface area contributed by atoms with Gasteiger partial charge in [-0.15, -0.1) is 0 Å². The van der Waals surface area contributed by atoms with Gasteiger partial charge in [-0.05, 0) is 24.6 Å². The van der Waals surface area contributed by atoms with Crippen LogP contribution < -0.4 is 0 Å².